The summed E-state index contributed by atoms with van der Waals surface area (Å²) in [6.07, 6.45) is 0.318. The van der Waals surface area contributed by atoms with Gasteiger partial charge in [0.2, 0.25) is 17.6 Å². The van der Waals surface area contributed by atoms with Crippen LogP contribution >= 0.6 is 0 Å². The van der Waals surface area contributed by atoms with E-state index in [9.17, 15) is 4.79 Å². The smallest absolute Gasteiger partial charge is 0.232 e. The summed E-state index contributed by atoms with van der Waals surface area (Å²) in [6.45, 7) is 1.51. The van der Waals surface area contributed by atoms with Gasteiger partial charge in [0.1, 0.15) is 19.0 Å². The van der Waals surface area contributed by atoms with Gasteiger partial charge in [0, 0.05) is 30.3 Å². The van der Waals surface area contributed by atoms with Gasteiger partial charge in [-0.3, -0.25) is 4.79 Å². The van der Waals surface area contributed by atoms with E-state index >= 15 is 0 Å². The molecule has 0 aliphatic carbocycles. The summed E-state index contributed by atoms with van der Waals surface area (Å²) >= 11 is 0. The Morgan fingerprint density at radius 1 is 1.07 bits per heavy atom. The number of benzene rings is 2. The normalized spacial score (nSPS) is 18.2. The summed E-state index contributed by atoms with van der Waals surface area (Å²) in [4.78, 5) is 18.9. The first-order chi connectivity index (χ1) is 14.2. The molecule has 1 saturated heterocycles. The molecule has 0 radical (unpaired) electrons. The Morgan fingerprint density at radius 3 is 2.66 bits per heavy atom. The summed E-state index contributed by atoms with van der Waals surface area (Å²) in [6, 6.07) is 13.0. The number of carbonyl (C=O) groups excluding carboxylic acids is 1. The fourth-order valence-corrected chi connectivity index (χ4v) is 3.58. The minimum Gasteiger partial charge on any atom is -0.497 e. The lowest BCUT2D eigenvalue weighted by Gasteiger charge is -2.22. The molecule has 3 aromatic rings. The standard InChI is InChI=1S/C21H19N3O5/c1-26-16-5-2-13(3-6-16)20-22-21(29-23-20)14-10-19(25)24(12-14)15-4-7-17-18(11-15)28-9-8-27-17/h2-7,11,14H,8-10,12H2,1H3/t14-/m0/s1. The molecular weight excluding hydrogens is 374 g/mol. The van der Waals surface area contributed by atoms with Crippen molar-refractivity contribution >= 4 is 11.6 Å². The van der Waals surface area contributed by atoms with Gasteiger partial charge in [0.25, 0.3) is 0 Å². The molecule has 148 valence electrons. The number of hydrogen-bond acceptors (Lipinski definition) is 7. The third kappa shape index (κ3) is 3.26. The minimum absolute atomic E-state index is 0.0101. The Kier molecular flexibility index (Phi) is 4.31. The summed E-state index contributed by atoms with van der Waals surface area (Å²) in [5.41, 5.74) is 1.60. The zero-order valence-corrected chi connectivity index (χ0v) is 15.8. The third-order valence-electron chi connectivity index (χ3n) is 5.10. The highest BCUT2D eigenvalue weighted by molar-refractivity contribution is 5.96. The number of aromatic nitrogens is 2. The third-order valence-corrected chi connectivity index (χ3v) is 5.10. The van der Waals surface area contributed by atoms with Crippen molar-refractivity contribution in [3.05, 3.63) is 48.4 Å². The highest BCUT2D eigenvalue weighted by atomic mass is 16.6. The summed E-state index contributed by atoms with van der Waals surface area (Å²) in [7, 11) is 1.62. The van der Waals surface area contributed by atoms with Gasteiger partial charge in [-0.05, 0) is 36.4 Å². The Bertz CT molecular complexity index is 1050. The number of fused-ring (bicyclic) bond motifs is 1. The lowest BCUT2D eigenvalue weighted by molar-refractivity contribution is -0.117. The first-order valence-electron chi connectivity index (χ1n) is 9.39. The number of ether oxygens (including phenoxy) is 3. The molecule has 2 aliphatic rings. The van der Waals surface area contributed by atoms with Crippen LogP contribution in [0.15, 0.2) is 47.0 Å². The number of hydrogen-bond donors (Lipinski definition) is 0. The van der Waals surface area contributed by atoms with E-state index in [1.807, 2.05) is 42.5 Å². The predicted molar refractivity (Wildman–Crippen MR) is 103 cm³/mol. The lowest BCUT2D eigenvalue weighted by atomic mass is 10.1. The van der Waals surface area contributed by atoms with Crippen LogP contribution in [-0.4, -0.2) is 42.9 Å². The number of methoxy groups -OCH3 is 1. The zero-order chi connectivity index (χ0) is 19.8. The molecule has 3 heterocycles. The van der Waals surface area contributed by atoms with E-state index in [-0.39, 0.29) is 11.8 Å². The second kappa shape index (κ2) is 7.12. The van der Waals surface area contributed by atoms with Crippen molar-refractivity contribution in [3.8, 4) is 28.6 Å². The Morgan fingerprint density at radius 2 is 1.86 bits per heavy atom. The highest BCUT2D eigenvalue weighted by Gasteiger charge is 2.35. The molecule has 0 spiro atoms. The van der Waals surface area contributed by atoms with Gasteiger partial charge in [-0.25, -0.2) is 0 Å². The first kappa shape index (κ1) is 17.5. The van der Waals surface area contributed by atoms with Gasteiger partial charge in [-0.2, -0.15) is 4.98 Å². The molecule has 1 atom stereocenters. The summed E-state index contributed by atoms with van der Waals surface area (Å²) in [5, 5.41) is 4.07. The molecule has 8 nitrogen and oxygen atoms in total. The van der Waals surface area contributed by atoms with Crippen LogP contribution in [0.1, 0.15) is 18.2 Å². The number of nitrogens with zero attached hydrogens (tertiary/aromatic N) is 3. The van der Waals surface area contributed by atoms with Crippen molar-refractivity contribution in [3.63, 3.8) is 0 Å². The van der Waals surface area contributed by atoms with Crippen LogP contribution < -0.4 is 19.1 Å². The van der Waals surface area contributed by atoms with Gasteiger partial charge >= 0.3 is 0 Å². The molecule has 2 aromatic carbocycles. The van der Waals surface area contributed by atoms with Crippen molar-refractivity contribution in [1.82, 2.24) is 10.1 Å². The predicted octanol–water partition coefficient (Wildman–Crippen LogP) is 3.04. The number of rotatable bonds is 4. The fraction of sp³-hybridized carbons (Fsp3) is 0.286. The molecular formula is C21H19N3O5. The van der Waals surface area contributed by atoms with Crippen LogP contribution in [0.4, 0.5) is 5.69 Å². The number of amides is 1. The molecule has 1 fully saturated rings. The Balaban J connectivity index is 1.34. The maximum absolute atomic E-state index is 12.6. The summed E-state index contributed by atoms with van der Waals surface area (Å²) < 4.78 is 21.8. The van der Waals surface area contributed by atoms with E-state index in [0.717, 1.165) is 17.0 Å². The van der Waals surface area contributed by atoms with Gasteiger partial charge in [0.05, 0.1) is 13.0 Å². The number of carbonyl (C=O) groups is 1. The van der Waals surface area contributed by atoms with Crippen LogP contribution in [0.25, 0.3) is 11.4 Å². The Labute approximate surface area is 167 Å². The second-order valence-corrected chi connectivity index (χ2v) is 6.92. The molecule has 5 rings (SSSR count). The van der Waals surface area contributed by atoms with Crippen molar-refractivity contribution < 1.29 is 23.5 Å². The Hall–Kier alpha value is -3.55. The lowest BCUT2D eigenvalue weighted by Crippen LogP contribution is -2.24. The van der Waals surface area contributed by atoms with Crippen LogP contribution in [0.3, 0.4) is 0 Å². The topological polar surface area (TPSA) is 86.9 Å². The molecule has 0 unspecified atom stereocenters. The molecule has 1 amide bonds. The van der Waals surface area contributed by atoms with E-state index in [2.05, 4.69) is 10.1 Å². The van der Waals surface area contributed by atoms with Crippen LogP contribution in [0.2, 0.25) is 0 Å². The highest BCUT2D eigenvalue weighted by Crippen LogP contribution is 2.37. The van der Waals surface area contributed by atoms with Crippen molar-refractivity contribution in [2.45, 2.75) is 12.3 Å². The fourth-order valence-electron chi connectivity index (χ4n) is 3.58. The average Bonchev–Trinajstić information content (AvgIpc) is 3.40. The maximum atomic E-state index is 12.6. The van der Waals surface area contributed by atoms with Gasteiger partial charge < -0.3 is 23.6 Å². The largest absolute Gasteiger partial charge is 0.497 e. The number of anilines is 1. The van der Waals surface area contributed by atoms with Crippen LogP contribution in [-0.2, 0) is 4.79 Å². The first-order valence-corrected chi connectivity index (χ1v) is 9.39. The molecule has 29 heavy (non-hydrogen) atoms. The molecule has 8 heteroatoms. The molecule has 0 saturated carbocycles. The van der Waals surface area contributed by atoms with Gasteiger partial charge in [-0.15, -0.1) is 0 Å². The quantitative estimate of drug-likeness (QED) is 0.673. The second-order valence-electron chi connectivity index (χ2n) is 6.92. The van der Waals surface area contributed by atoms with E-state index in [0.29, 0.717) is 49.4 Å². The SMILES string of the molecule is COc1ccc(-c2noc([C@H]3CC(=O)N(c4ccc5c(c4)OCCO5)C3)n2)cc1. The molecule has 1 aromatic heterocycles. The minimum atomic E-state index is -0.157. The monoisotopic (exact) mass is 393 g/mol. The average molecular weight is 393 g/mol. The summed E-state index contributed by atoms with van der Waals surface area (Å²) in [5.74, 6) is 2.92. The molecule has 0 bridgehead atoms. The van der Waals surface area contributed by atoms with Crippen molar-refractivity contribution in [1.29, 1.82) is 0 Å². The van der Waals surface area contributed by atoms with E-state index in [1.165, 1.54) is 0 Å². The zero-order valence-electron chi connectivity index (χ0n) is 15.8. The molecule has 2 aliphatic heterocycles. The van der Waals surface area contributed by atoms with Crippen LogP contribution in [0.5, 0.6) is 17.2 Å². The van der Waals surface area contributed by atoms with E-state index < -0.39 is 0 Å². The van der Waals surface area contributed by atoms with Crippen molar-refractivity contribution in [2.24, 2.45) is 0 Å². The van der Waals surface area contributed by atoms with E-state index in [4.69, 9.17) is 18.7 Å². The van der Waals surface area contributed by atoms with Crippen LogP contribution in [0, 0.1) is 0 Å². The van der Waals surface area contributed by atoms with Crippen molar-refractivity contribution in [2.75, 3.05) is 31.8 Å². The van der Waals surface area contributed by atoms with Gasteiger partial charge in [-0.1, -0.05) is 5.16 Å². The van der Waals surface area contributed by atoms with Gasteiger partial charge in [0.15, 0.2) is 11.5 Å². The van der Waals surface area contributed by atoms with E-state index in [1.54, 1.807) is 12.0 Å². The molecule has 0 N–H and O–H groups in total. The maximum Gasteiger partial charge on any atom is 0.232 e.